The average molecular weight is 198 g/mol. The van der Waals surface area contributed by atoms with Crippen LogP contribution in [0.15, 0.2) is 0 Å². The summed E-state index contributed by atoms with van der Waals surface area (Å²) in [7, 11) is 1.48. The summed E-state index contributed by atoms with van der Waals surface area (Å²) in [6, 6.07) is 0. The van der Waals surface area contributed by atoms with Gasteiger partial charge in [0, 0.05) is 13.0 Å². The monoisotopic (exact) mass is 198 g/mol. The maximum Gasteiger partial charge on any atom is 0.168 e. The van der Waals surface area contributed by atoms with Gasteiger partial charge in [-0.15, -0.1) is 0 Å². The van der Waals surface area contributed by atoms with Gasteiger partial charge in [0.25, 0.3) is 0 Å². The number of hydrogen-bond acceptors (Lipinski definition) is 3. The van der Waals surface area contributed by atoms with Crippen molar-refractivity contribution in [1.82, 2.24) is 0 Å². The predicted molar refractivity (Wildman–Crippen MR) is 53.0 cm³/mol. The van der Waals surface area contributed by atoms with Gasteiger partial charge in [0.2, 0.25) is 0 Å². The maximum atomic E-state index is 11.8. The highest BCUT2D eigenvalue weighted by molar-refractivity contribution is 6.04. The van der Waals surface area contributed by atoms with Gasteiger partial charge in [0.15, 0.2) is 5.78 Å². The van der Waals surface area contributed by atoms with Crippen molar-refractivity contribution in [1.29, 1.82) is 0 Å². The topological polar surface area (TPSA) is 43.4 Å². The molecule has 0 spiro atoms. The smallest absolute Gasteiger partial charge is 0.168 e. The standard InChI is InChI=1S/C11H18O3/c1-3-9(10(12)7-14-2)11(13)8-5-4-6-8/h8-9H,3-7H2,1-2H3. The Morgan fingerprint density at radius 3 is 2.43 bits per heavy atom. The molecule has 3 heteroatoms. The third-order valence-electron chi connectivity index (χ3n) is 2.93. The van der Waals surface area contributed by atoms with Gasteiger partial charge in [-0.3, -0.25) is 9.59 Å². The molecule has 1 aliphatic rings. The first kappa shape index (κ1) is 11.4. The number of carbonyl (C=O) groups is 2. The molecule has 80 valence electrons. The molecule has 0 amide bonds. The van der Waals surface area contributed by atoms with E-state index in [1.807, 2.05) is 6.92 Å². The van der Waals surface area contributed by atoms with Gasteiger partial charge in [-0.2, -0.15) is 0 Å². The van der Waals surface area contributed by atoms with E-state index in [9.17, 15) is 9.59 Å². The van der Waals surface area contributed by atoms with Crippen molar-refractivity contribution < 1.29 is 14.3 Å². The molecule has 1 aliphatic carbocycles. The van der Waals surface area contributed by atoms with E-state index >= 15 is 0 Å². The fourth-order valence-corrected chi connectivity index (χ4v) is 1.81. The van der Waals surface area contributed by atoms with Crippen molar-refractivity contribution in [3.05, 3.63) is 0 Å². The highest BCUT2D eigenvalue weighted by atomic mass is 16.5. The summed E-state index contributed by atoms with van der Waals surface area (Å²) >= 11 is 0. The summed E-state index contributed by atoms with van der Waals surface area (Å²) in [5, 5.41) is 0. The zero-order valence-corrected chi connectivity index (χ0v) is 8.91. The lowest BCUT2D eigenvalue weighted by atomic mass is 9.76. The molecular formula is C11H18O3. The lowest BCUT2D eigenvalue weighted by Crippen LogP contribution is -2.34. The number of rotatable bonds is 6. The maximum absolute atomic E-state index is 11.8. The largest absolute Gasteiger partial charge is 0.377 e. The van der Waals surface area contributed by atoms with Crippen LogP contribution in [0.25, 0.3) is 0 Å². The van der Waals surface area contributed by atoms with Gasteiger partial charge >= 0.3 is 0 Å². The molecule has 0 aromatic rings. The molecule has 0 aromatic heterocycles. The summed E-state index contributed by atoms with van der Waals surface area (Å²) in [6.45, 7) is 1.95. The van der Waals surface area contributed by atoms with Crippen molar-refractivity contribution in [2.24, 2.45) is 11.8 Å². The predicted octanol–water partition coefficient (Wildman–Crippen LogP) is 1.60. The summed E-state index contributed by atoms with van der Waals surface area (Å²) in [4.78, 5) is 23.3. The molecule has 1 atom stereocenters. The molecule has 1 fully saturated rings. The third-order valence-corrected chi connectivity index (χ3v) is 2.93. The second-order valence-corrected chi connectivity index (χ2v) is 3.89. The minimum atomic E-state index is -0.416. The van der Waals surface area contributed by atoms with Crippen LogP contribution in [-0.2, 0) is 14.3 Å². The zero-order valence-electron chi connectivity index (χ0n) is 8.91. The third kappa shape index (κ3) is 2.41. The van der Waals surface area contributed by atoms with Crippen LogP contribution in [0.4, 0.5) is 0 Å². The van der Waals surface area contributed by atoms with E-state index in [0.717, 1.165) is 19.3 Å². The van der Waals surface area contributed by atoms with Gasteiger partial charge in [0.05, 0.1) is 5.92 Å². The average Bonchev–Trinajstić information content (AvgIpc) is 2.02. The van der Waals surface area contributed by atoms with Gasteiger partial charge in [-0.25, -0.2) is 0 Å². The Labute approximate surface area is 84.8 Å². The van der Waals surface area contributed by atoms with Gasteiger partial charge in [0.1, 0.15) is 12.4 Å². The molecule has 0 aliphatic heterocycles. The molecule has 14 heavy (non-hydrogen) atoms. The summed E-state index contributed by atoms with van der Waals surface area (Å²) in [6.07, 6.45) is 3.67. The molecule has 1 saturated carbocycles. The first-order chi connectivity index (χ1) is 6.70. The van der Waals surface area contributed by atoms with Crippen LogP contribution in [0.1, 0.15) is 32.6 Å². The van der Waals surface area contributed by atoms with Crippen LogP contribution in [0.2, 0.25) is 0 Å². The highest BCUT2D eigenvalue weighted by Crippen LogP contribution is 2.30. The van der Waals surface area contributed by atoms with E-state index in [0.29, 0.717) is 6.42 Å². The van der Waals surface area contributed by atoms with Crippen molar-refractivity contribution >= 4 is 11.6 Å². The lowest BCUT2D eigenvalue weighted by Gasteiger charge is -2.27. The zero-order chi connectivity index (χ0) is 10.6. The van der Waals surface area contributed by atoms with E-state index in [-0.39, 0.29) is 24.1 Å². The molecule has 0 bridgehead atoms. The molecule has 0 aromatic carbocycles. The van der Waals surface area contributed by atoms with Crippen LogP contribution in [-0.4, -0.2) is 25.3 Å². The minimum Gasteiger partial charge on any atom is -0.377 e. The Morgan fingerprint density at radius 1 is 1.43 bits per heavy atom. The summed E-state index contributed by atoms with van der Waals surface area (Å²) in [5.41, 5.74) is 0. The van der Waals surface area contributed by atoms with E-state index in [2.05, 4.69) is 0 Å². The number of hydrogen-bond donors (Lipinski definition) is 0. The Bertz CT molecular complexity index is 219. The summed E-state index contributed by atoms with van der Waals surface area (Å²) in [5.74, 6) is -0.186. The Kier molecular flexibility index (Phi) is 4.26. The van der Waals surface area contributed by atoms with E-state index in [4.69, 9.17) is 4.74 Å². The number of carbonyl (C=O) groups excluding carboxylic acids is 2. The van der Waals surface area contributed by atoms with Crippen LogP contribution in [0.3, 0.4) is 0 Å². The van der Waals surface area contributed by atoms with E-state index in [1.165, 1.54) is 7.11 Å². The van der Waals surface area contributed by atoms with Crippen molar-refractivity contribution in [2.45, 2.75) is 32.6 Å². The van der Waals surface area contributed by atoms with E-state index in [1.54, 1.807) is 0 Å². The van der Waals surface area contributed by atoms with Crippen LogP contribution >= 0.6 is 0 Å². The van der Waals surface area contributed by atoms with Gasteiger partial charge < -0.3 is 4.74 Å². The van der Waals surface area contributed by atoms with Crippen LogP contribution < -0.4 is 0 Å². The number of methoxy groups -OCH3 is 1. The molecule has 1 rings (SSSR count). The van der Waals surface area contributed by atoms with Crippen LogP contribution in [0, 0.1) is 11.8 Å². The molecule has 0 radical (unpaired) electrons. The number of ketones is 2. The highest BCUT2D eigenvalue weighted by Gasteiger charge is 2.33. The van der Waals surface area contributed by atoms with E-state index < -0.39 is 5.92 Å². The second kappa shape index (κ2) is 5.25. The van der Waals surface area contributed by atoms with Crippen molar-refractivity contribution in [2.75, 3.05) is 13.7 Å². The van der Waals surface area contributed by atoms with Crippen LogP contribution in [0.5, 0.6) is 0 Å². The van der Waals surface area contributed by atoms with Crippen molar-refractivity contribution in [3.63, 3.8) is 0 Å². The number of ether oxygens (including phenoxy) is 1. The number of Topliss-reactive ketones (excluding diaryl/α,β-unsaturated/α-hetero) is 2. The van der Waals surface area contributed by atoms with Gasteiger partial charge in [-0.05, 0) is 19.3 Å². The molecule has 0 saturated heterocycles. The SMILES string of the molecule is CCC(C(=O)COC)C(=O)C1CCC1. The fourth-order valence-electron chi connectivity index (χ4n) is 1.81. The minimum absolute atomic E-state index is 0.0631. The first-order valence-corrected chi connectivity index (χ1v) is 5.26. The lowest BCUT2D eigenvalue weighted by molar-refractivity contribution is -0.138. The molecule has 1 unspecified atom stereocenters. The second-order valence-electron chi connectivity index (χ2n) is 3.89. The Balaban J connectivity index is 2.51. The molecule has 0 heterocycles. The summed E-state index contributed by atoms with van der Waals surface area (Å²) < 4.78 is 4.77. The molecular weight excluding hydrogens is 180 g/mol. The normalized spacial score (nSPS) is 18.7. The Hall–Kier alpha value is -0.700. The molecule has 0 N–H and O–H groups in total. The van der Waals surface area contributed by atoms with Crippen molar-refractivity contribution in [3.8, 4) is 0 Å². The molecule has 3 nitrogen and oxygen atoms in total. The quantitative estimate of drug-likeness (QED) is 0.609. The first-order valence-electron chi connectivity index (χ1n) is 5.26. The fraction of sp³-hybridized carbons (Fsp3) is 0.818. The van der Waals surface area contributed by atoms with Gasteiger partial charge in [-0.1, -0.05) is 13.3 Å². The Morgan fingerprint density at radius 2 is 2.07 bits per heavy atom.